The van der Waals surface area contributed by atoms with Gasteiger partial charge in [-0.2, -0.15) is 9.57 Å². The van der Waals surface area contributed by atoms with Crippen LogP contribution in [0.4, 0.5) is 0 Å². The molecule has 0 radical (unpaired) electrons. The summed E-state index contributed by atoms with van der Waals surface area (Å²) in [5.74, 6) is -1.20. The summed E-state index contributed by atoms with van der Waals surface area (Å²) < 4.78 is 26.3. The van der Waals surface area contributed by atoms with Gasteiger partial charge < -0.3 is 5.11 Å². The highest BCUT2D eigenvalue weighted by Crippen LogP contribution is 2.23. The number of hydrogen-bond donors (Lipinski definition) is 1. The van der Waals surface area contributed by atoms with E-state index in [9.17, 15) is 13.2 Å². The molecular weight excluding hydrogens is 292 g/mol. The Balaban J connectivity index is 3.35. The third-order valence-corrected chi connectivity index (χ3v) is 5.38. The highest BCUT2D eigenvalue weighted by Gasteiger charge is 2.31. The Morgan fingerprint density at radius 3 is 2.52 bits per heavy atom. The summed E-state index contributed by atoms with van der Waals surface area (Å²) in [5, 5.41) is 17.8. The van der Waals surface area contributed by atoms with E-state index in [1.165, 1.54) is 18.2 Å². The standard InChI is InChI=1S/C14H18N2O4S/c1-4-11(3)16(9-14(17)18)21(19,20)13-6-5-12(8-15)7-10(13)2/h5-7,11H,4,9H2,1-3H3,(H,17,18). The van der Waals surface area contributed by atoms with E-state index < -0.39 is 28.6 Å². The predicted molar refractivity (Wildman–Crippen MR) is 77.2 cm³/mol. The zero-order valence-electron chi connectivity index (χ0n) is 12.2. The maximum absolute atomic E-state index is 12.7. The minimum atomic E-state index is -3.92. The van der Waals surface area contributed by atoms with E-state index in [4.69, 9.17) is 10.4 Å². The molecule has 1 aromatic carbocycles. The molecule has 21 heavy (non-hydrogen) atoms. The third-order valence-electron chi connectivity index (χ3n) is 3.26. The van der Waals surface area contributed by atoms with Crippen molar-refractivity contribution < 1.29 is 18.3 Å². The Bertz CT molecular complexity index is 677. The first-order valence-corrected chi connectivity index (χ1v) is 7.92. The molecule has 0 bridgehead atoms. The summed E-state index contributed by atoms with van der Waals surface area (Å²) in [5.41, 5.74) is 0.785. The number of aliphatic carboxylic acids is 1. The number of benzene rings is 1. The fourth-order valence-electron chi connectivity index (χ4n) is 1.95. The van der Waals surface area contributed by atoms with E-state index in [1.807, 2.05) is 6.07 Å². The van der Waals surface area contributed by atoms with E-state index in [0.717, 1.165) is 4.31 Å². The van der Waals surface area contributed by atoms with Crippen molar-refractivity contribution in [2.24, 2.45) is 0 Å². The Morgan fingerprint density at radius 2 is 2.10 bits per heavy atom. The van der Waals surface area contributed by atoms with Crippen LogP contribution < -0.4 is 0 Å². The highest BCUT2D eigenvalue weighted by atomic mass is 32.2. The van der Waals surface area contributed by atoms with Crippen molar-refractivity contribution in [2.75, 3.05) is 6.54 Å². The van der Waals surface area contributed by atoms with Crippen molar-refractivity contribution in [3.63, 3.8) is 0 Å². The van der Waals surface area contributed by atoms with Crippen LogP contribution in [0.25, 0.3) is 0 Å². The van der Waals surface area contributed by atoms with Crippen LogP contribution in [0.3, 0.4) is 0 Å². The molecule has 1 rings (SSSR count). The second kappa shape index (κ2) is 6.70. The van der Waals surface area contributed by atoms with Crippen LogP contribution in [0, 0.1) is 18.3 Å². The normalized spacial score (nSPS) is 12.9. The van der Waals surface area contributed by atoms with Gasteiger partial charge in [-0.05, 0) is 44.0 Å². The molecule has 0 aliphatic heterocycles. The highest BCUT2D eigenvalue weighted by molar-refractivity contribution is 7.89. The van der Waals surface area contributed by atoms with Crippen LogP contribution in [-0.4, -0.2) is 36.4 Å². The molecule has 0 aliphatic rings. The Kier molecular flexibility index (Phi) is 5.47. The summed E-state index contributed by atoms with van der Waals surface area (Å²) in [4.78, 5) is 11.0. The lowest BCUT2D eigenvalue weighted by Gasteiger charge is -2.26. The molecule has 0 heterocycles. The molecule has 6 nitrogen and oxygen atoms in total. The minimum Gasteiger partial charge on any atom is -0.480 e. The maximum atomic E-state index is 12.7. The van der Waals surface area contributed by atoms with Crippen LogP contribution >= 0.6 is 0 Å². The van der Waals surface area contributed by atoms with E-state index in [-0.39, 0.29) is 4.90 Å². The third kappa shape index (κ3) is 3.80. The monoisotopic (exact) mass is 310 g/mol. The predicted octanol–water partition coefficient (Wildman–Crippen LogP) is 1.74. The number of sulfonamides is 1. The summed E-state index contributed by atoms with van der Waals surface area (Å²) in [6.45, 7) is 4.46. The van der Waals surface area contributed by atoms with Gasteiger partial charge in [-0.1, -0.05) is 6.92 Å². The molecule has 0 fully saturated rings. The molecule has 1 unspecified atom stereocenters. The van der Waals surface area contributed by atoms with Gasteiger partial charge >= 0.3 is 5.97 Å². The number of nitrogens with zero attached hydrogens (tertiary/aromatic N) is 2. The van der Waals surface area contributed by atoms with Crippen LogP contribution in [0.1, 0.15) is 31.4 Å². The molecule has 0 aromatic heterocycles. The first-order valence-electron chi connectivity index (χ1n) is 6.48. The minimum absolute atomic E-state index is 0.0306. The number of carboxylic acids is 1. The smallest absolute Gasteiger partial charge is 0.318 e. The molecule has 0 aliphatic carbocycles. The lowest BCUT2D eigenvalue weighted by atomic mass is 10.2. The Labute approximate surface area is 124 Å². The fourth-order valence-corrected chi connectivity index (χ4v) is 3.81. The van der Waals surface area contributed by atoms with E-state index in [0.29, 0.717) is 17.5 Å². The van der Waals surface area contributed by atoms with Crippen LogP contribution in [-0.2, 0) is 14.8 Å². The first kappa shape index (κ1) is 17.1. The topological polar surface area (TPSA) is 98.5 Å². The number of aryl methyl sites for hydroxylation is 1. The van der Waals surface area contributed by atoms with Gasteiger partial charge in [-0.15, -0.1) is 0 Å². The van der Waals surface area contributed by atoms with Crippen LogP contribution in [0.15, 0.2) is 23.1 Å². The van der Waals surface area contributed by atoms with Crippen molar-refractivity contribution in [3.05, 3.63) is 29.3 Å². The maximum Gasteiger partial charge on any atom is 0.318 e. The van der Waals surface area contributed by atoms with E-state index in [1.54, 1.807) is 20.8 Å². The Morgan fingerprint density at radius 1 is 1.48 bits per heavy atom. The van der Waals surface area contributed by atoms with Gasteiger partial charge in [0.1, 0.15) is 6.54 Å². The second-order valence-electron chi connectivity index (χ2n) is 4.79. The van der Waals surface area contributed by atoms with Gasteiger partial charge in [0.25, 0.3) is 0 Å². The zero-order chi connectivity index (χ0) is 16.2. The quantitative estimate of drug-likeness (QED) is 0.863. The van der Waals surface area contributed by atoms with E-state index >= 15 is 0 Å². The van der Waals surface area contributed by atoms with Crippen LogP contribution in [0.5, 0.6) is 0 Å². The molecule has 1 aromatic rings. The molecule has 114 valence electrons. The number of carboxylic acid groups (broad SMARTS) is 1. The number of rotatable bonds is 6. The van der Waals surface area contributed by atoms with Crippen molar-refractivity contribution >= 4 is 16.0 Å². The summed E-state index contributed by atoms with van der Waals surface area (Å²) >= 11 is 0. The molecule has 0 saturated heterocycles. The lowest BCUT2D eigenvalue weighted by Crippen LogP contribution is -2.42. The van der Waals surface area contributed by atoms with Gasteiger partial charge in [0, 0.05) is 6.04 Å². The molecule has 1 atom stereocenters. The van der Waals surface area contributed by atoms with Gasteiger partial charge in [0.15, 0.2) is 0 Å². The van der Waals surface area contributed by atoms with Gasteiger partial charge in [-0.25, -0.2) is 8.42 Å². The molecule has 7 heteroatoms. The first-order chi connectivity index (χ1) is 9.73. The van der Waals surface area contributed by atoms with Crippen molar-refractivity contribution in [3.8, 4) is 6.07 Å². The van der Waals surface area contributed by atoms with Crippen LogP contribution in [0.2, 0.25) is 0 Å². The Hall–Kier alpha value is -1.91. The van der Waals surface area contributed by atoms with Crippen molar-refractivity contribution in [2.45, 2.75) is 38.1 Å². The zero-order valence-corrected chi connectivity index (χ0v) is 13.0. The second-order valence-corrected chi connectivity index (χ2v) is 6.65. The number of carbonyl (C=O) groups is 1. The summed E-state index contributed by atoms with van der Waals surface area (Å²) in [7, 11) is -3.92. The molecule has 0 saturated carbocycles. The largest absolute Gasteiger partial charge is 0.480 e. The SMILES string of the molecule is CCC(C)N(CC(=O)O)S(=O)(=O)c1ccc(C#N)cc1C. The number of nitriles is 1. The molecular formula is C14H18N2O4S. The summed E-state index contributed by atoms with van der Waals surface area (Å²) in [6, 6.07) is 5.74. The molecule has 0 amide bonds. The fraction of sp³-hybridized carbons (Fsp3) is 0.429. The van der Waals surface area contributed by atoms with Gasteiger partial charge in [0.05, 0.1) is 16.5 Å². The van der Waals surface area contributed by atoms with Gasteiger partial charge in [0.2, 0.25) is 10.0 Å². The average Bonchev–Trinajstić information content (AvgIpc) is 2.43. The number of hydrogen-bond acceptors (Lipinski definition) is 4. The molecule has 1 N–H and O–H groups in total. The van der Waals surface area contributed by atoms with Crippen molar-refractivity contribution in [1.29, 1.82) is 5.26 Å². The summed E-state index contributed by atoms with van der Waals surface area (Å²) in [6.07, 6.45) is 0.502. The van der Waals surface area contributed by atoms with Gasteiger partial charge in [-0.3, -0.25) is 4.79 Å². The van der Waals surface area contributed by atoms with E-state index in [2.05, 4.69) is 0 Å². The lowest BCUT2D eigenvalue weighted by molar-refractivity contribution is -0.137. The van der Waals surface area contributed by atoms with Crippen molar-refractivity contribution in [1.82, 2.24) is 4.31 Å². The average molecular weight is 310 g/mol. The molecule has 0 spiro atoms.